The van der Waals surface area contributed by atoms with Crippen LogP contribution in [-0.4, -0.2) is 28.5 Å². The second-order valence-corrected chi connectivity index (χ2v) is 5.02. The first kappa shape index (κ1) is 16.8. The Hall–Kier alpha value is -2.58. The van der Waals surface area contributed by atoms with Gasteiger partial charge in [-0.3, -0.25) is 14.6 Å². The lowest BCUT2D eigenvalue weighted by molar-refractivity contribution is -0.119. The lowest BCUT2D eigenvalue weighted by Gasteiger charge is -2.09. The first-order chi connectivity index (χ1) is 10.9. The number of hydrogen-bond acceptors (Lipinski definition) is 5. The zero-order chi connectivity index (χ0) is 17.0. The predicted molar refractivity (Wildman–Crippen MR) is 83.1 cm³/mol. The van der Waals surface area contributed by atoms with Gasteiger partial charge in [0.2, 0.25) is 0 Å². The molecule has 10 heteroatoms. The summed E-state index contributed by atoms with van der Waals surface area (Å²) < 4.78 is 4.68. The first-order valence-corrected chi connectivity index (χ1v) is 6.87. The lowest BCUT2D eigenvalue weighted by atomic mass is 10.3. The van der Waals surface area contributed by atoms with Crippen LogP contribution < -0.4 is 16.6 Å². The van der Waals surface area contributed by atoms with E-state index in [0.29, 0.717) is 0 Å². The molecule has 0 aliphatic heterocycles. The highest BCUT2D eigenvalue weighted by molar-refractivity contribution is 6.39. The molecule has 0 spiro atoms. The molecular formula is C13H9Cl2N3O5. The number of carbonyl (C=O) groups is 2. The highest BCUT2D eigenvalue weighted by Gasteiger charge is 2.15. The van der Waals surface area contributed by atoms with Crippen LogP contribution in [0.4, 0.5) is 5.69 Å². The molecule has 1 heterocycles. The van der Waals surface area contributed by atoms with Crippen molar-refractivity contribution in [1.82, 2.24) is 9.97 Å². The fraction of sp³-hybridized carbons (Fsp3) is 0.0769. The number of amides is 1. The second kappa shape index (κ2) is 7.12. The number of H-pyrrole nitrogens is 2. The highest BCUT2D eigenvalue weighted by Crippen LogP contribution is 2.29. The number of halogens is 2. The normalized spacial score (nSPS) is 10.2. The van der Waals surface area contributed by atoms with Gasteiger partial charge in [-0.15, -0.1) is 0 Å². The Balaban J connectivity index is 2.00. The summed E-state index contributed by atoms with van der Waals surface area (Å²) in [5, 5.41) is 2.82. The van der Waals surface area contributed by atoms with E-state index >= 15 is 0 Å². The number of rotatable bonds is 4. The van der Waals surface area contributed by atoms with Crippen LogP contribution in [0.15, 0.2) is 34.0 Å². The molecule has 23 heavy (non-hydrogen) atoms. The molecule has 2 rings (SSSR count). The van der Waals surface area contributed by atoms with Crippen LogP contribution in [0.3, 0.4) is 0 Å². The van der Waals surface area contributed by atoms with E-state index in [1.165, 1.54) is 12.1 Å². The topological polar surface area (TPSA) is 121 Å². The average Bonchev–Trinajstić information content (AvgIpc) is 2.49. The number of esters is 1. The monoisotopic (exact) mass is 357 g/mol. The third-order valence-corrected chi connectivity index (χ3v) is 3.23. The van der Waals surface area contributed by atoms with Crippen LogP contribution in [-0.2, 0) is 9.53 Å². The number of carbonyl (C=O) groups excluding carboxylic acids is 2. The van der Waals surface area contributed by atoms with Crippen molar-refractivity contribution in [3.8, 4) is 0 Å². The summed E-state index contributed by atoms with van der Waals surface area (Å²) >= 11 is 11.8. The average molecular weight is 358 g/mol. The van der Waals surface area contributed by atoms with Crippen molar-refractivity contribution in [2.45, 2.75) is 0 Å². The number of aromatic amines is 2. The van der Waals surface area contributed by atoms with Crippen molar-refractivity contribution < 1.29 is 14.3 Å². The number of aromatic nitrogens is 2. The van der Waals surface area contributed by atoms with Crippen LogP contribution in [0.1, 0.15) is 10.4 Å². The van der Waals surface area contributed by atoms with Crippen LogP contribution in [0, 0.1) is 0 Å². The molecule has 1 aromatic heterocycles. The van der Waals surface area contributed by atoms with Crippen molar-refractivity contribution in [2.24, 2.45) is 0 Å². The maximum absolute atomic E-state index is 11.7. The minimum Gasteiger partial charge on any atom is -0.452 e. The molecule has 0 saturated carbocycles. The van der Waals surface area contributed by atoms with Crippen molar-refractivity contribution in [1.29, 1.82) is 0 Å². The molecule has 1 aromatic carbocycles. The summed E-state index contributed by atoms with van der Waals surface area (Å²) in [5.74, 6) is -1.77. The summed E-state index contributed by atoms with van der Waals surface area (Å²) in [6, 6.07) is 4.65. The molecule has 2 aromatic rings. The molecular weight excluding hydrogens is 349 g/mol. The molecule has 8 nitrogen and oxygen atoms in total. The van der Waals surface area contributed by atoms with Gasteiger partial charge in [0.1, 0.15) is 5.56 Å². The molecule has 0 atom stereocenters. The SMILES string of the molecule is O=C(COC(=O)c1c[nH]c(=O)[nH]c1=O)Nc1c(Cl)cccc1Cl. The van der Waals surface area contributed by atoms with E-state index in [9.17, 15) is 19.2 Å². The van der Waals surface area contributed by atoms with E-state index in [1.54, 1.807) is 6.07 Å². The van der Waals surface area contributed by atoms with Gasteiger partial charge in [-0.2, -0.15) is 0 Å². The van der Waals surface area contributed by atoms with Gasteiger partial charge in [-0.25, -0.2) is 9.59 Å². The molecule has 0 radical (unpaired) electrons. The minimum atomic E-state index is -1.07. The van der Waals surface area contributed by atoms with E-state index in [2.05, 4.69) is 15.0 Å². The third-order valence-electron chi connectivity index (χ3n) is 2.60. The Labute approximate surface area is 138 Å². The van der Waals surface area contributed by atoms with Gasteiger partial charge < -0.3 is 15.0 Å². The molecule has 3 N–H and O–H groups in total. The largest absolute Gasteiger partial charge is 0.452 e. The summed E-state index contributed by atoms with van der Waals surface area (Å²) in [7, 11) is 0. The van der Waals surface area contributed by atoms with Gasteiger partial charge in [-0.1, -0.05) is 29.3 Å². The Morgan fingerprint density at radius 2 is 1.83 bits per heavy atom. The van der Waals surface area contributed by atoms with Gasteiger partial charge in [0.05, 0.1) is 15.7 Å². The van der Waals surface area contributed by atoms with E-state index in [0.717, 1.165) is 6.20 Å². The number of ether oxygens (including phenoxy) is 1. The van der Waals surface area contributed by atoms with Gasteiger partial charge in [-0.05, 0) is 12.1 Å². The van der Waals surface area contributed by atoms with Crippen molar-refractivity contribution in [3.63, 3.8) is 0 Å². The molecule has 0 bridgehead atoms. The van der Waals surface area contributed by atoms with E-state index < -0.39 is 35.3 Å². The van der Waals surface area contributed by atoms with Gasteiger partial charge in [0.25, 0.3) is 11.5 Å². The Morgan fingerprint density at radius 1 is 1.17 bits per heavy atom. The zero-order valence-electron chi connectivity index (χ0n) is 11.3. The van der Waals surface area contributed by atoms with Gasteiger partial charge >= 0.3 is 11.7 Å². The smallest absolute Gasteiger partial charge is 0.345 e. The minimum absolute atomic E-state index is 0.179. The summed E-state index contributed by atoms with van der Waals surface area (Å²) in [6.45, 7) is -0.668. The van der Waals surface area contributed by atoms with Crippen LogP contribution >= 0.6 is 23.2 Å². The number of benzene rings is 1. The molecule has 0 unspecified atom stereocenters. The Morgan fingerprint density at radius 3 is 2.43 bits per heavy atom. The van der Waals surface area contributed by atoms with Crippen molar-refractivity contribution >= 4 is 40.8 Å². The second-order valence-electron chi connectivity index (χ2n) is 4.21. The maximum atomic E-state index is 11.7. The van der Waals surface area contributed by atoms with Gasteiger partial charge in [0, 0.05) is 6.20 Å². The van der Waals surface area contributed by atoms with Crippen LogP contribution in [0.2, 0.25) is 10.0 Å². The van der Waals surface area contributed by atoms with Crippen molar-refractivity contribution in [3.05, 3.63) is 60.8 Å². The highest BCUT2D eigenvalue weighted by atomic mass is 35.5. The van der Waals surface area contributed by atoms with Crippen LogP contribution in [0.5, 0.6) is 0 Å². The fourth-order valence-corrected chi connectivity index (χ4v) is 2.05. The first-order valence-electron chi connectivity index (χ1n) is 6.11. The van der Waals surface area contributed by atoms with E-state index in [1.807, 2.05) is 4.98 Å². The van der Waals surface area contributed by atoms with E-state index in [-0.39, 0.29) is 15.7 Å². The molecule has 0 aliphatic carbocycles. The Bertz CT molecular complexity index is 854. The number of anilines is 1. The third kappa shape index (κ3) is 4.21. The lowest BCUT2D eigenvalue weighted by Crippen LogP contribution is -2.29. The summed E-state index contributed by atoms with van der Waals surface area (Å²) in [4.78, 5) is 49.6. The molecule has 120 valence electrons. The maximum Gasteiger partial charge on any atom is 0.345 e. The number of para-hydroxylation sites is 1. The number of hydrogen-bond donors (Lipinski definition) is 3. The van der Waals surface area contributed by atoms with Crippen LogP contribution in [0.25, 0.3) is 0 Å². The molecule has 1 amide bonds. The summed E-state index contributed by atoms with van der Waals surface area (Å²) in [5.41, 5.74) is -1.95. The molecule has 0 aliphatic rings. The Kier molecular flexibility index (Phi) is 5.20. The molecule has 0 fully saturated rings. The molecule has 0 saturated heterocycles. The zero-order valence-corrected chi connectivity index (χ0v) is 12.8. The van der Waals surface area contributed by atoms with Gasteiger partial charge in [0.15, 0.2) is 6.61 Å². The quantitative estimate of drug-likeness (QED) is 0.709. The standard InChI is InChI=1S/C13H9Cl2N3O5/c14-7-2-1-3-8(15)10(7)17-9(19)5-23-12(21)6-4-16-13(22)18-11(6)20/h1-4H,5H2,(H,17,19)(H2,16,18,20,22). The summed E-state index contributed by atoms with van der Waals surface area (Å²) in [6.07, 6.45) is 0.895. The fourth-order valence-electron chi connectivity index (χ4n) is 1.56. The number of nitrogens with one attached hydrogen (secondary N) is 3. The van der Waals surface area contributed by atoms with E-state index in [4.69, 9.17) is 23.2 Å². The predicted octanol–water partition coefficient (Wildman–Crippen LogP) is 1.17. The van der Waals surface area contributed by atoms with Crippen molar-refractivity contribution in [2.75, 3.05) is 11.9 Å².